The van der Waals surface area contributed by atoms with Crippen molar-refractivity contribution >= 4 is 11.8 Å². The normalized spacial score (nSPS) is 14.4. The first-order valence-electron chi connectivity index (χ1n) is 8.89. The van der Waals surface area contributed by atoms with Gasteiger partial charge in [-0.05, 0) is 59.4 Å². The Kier molecular flexibility index (Phi) is 4.55. The summed E-state index contributed by atoms with van der Waals surface area (Å²) >= 11 is 1.76. The molecule has 4 rings (SSSR count). The third-order valence-electron chi connectivity index (χ3n) is 5.22. The van der Waals surface area contributed by atoms with Crippen LogP contribution in [0, 0.1) is 6.92 Å². The molecule has 0 bridgehead atoms. The summed E-state index contributed by atoms with van der Waals surface area (Å²) in [5.74, 6) is -0.0980. The number of rotatable bonds is 2. The zero-order valence-electron chi connectivity index (χ0n) is 15.1. The van der Waals surface area contributed by atoms with E-state index in [1.807, 2.05) is 25.1 Å². The molecular formula is C23H19F3S. The van der Waals surface area contributed by atoms with Crippen molar-refractivity contribution < 1.29 is 13.2 Å². The van der Waals surface area contributed by atoms with Crippen LogP contribution in [-0.4, -0.2) is 0 Å². The molecule has 0 fully saturated rings. The average molecular weight is 384 g/mol. The number of hydrogen-bond donors (Lipinski definition) is 0. The van der Waals surface area contributed by atoms with Gasteiger partial charge in [-0.2, -0.15) is 13.2 Å². The summed E-state index contributed by atoms with van der Waals surface area (Å²) < 4.78 is 39.8. The molecule has 0 saturated carbocycles. The second-order valence-electron chi connectivity index (χ2n) is 7.05. The van der Waals surface area contributed by atoms with Crippen LogP contribution in [0.5, 0.6) is 0 Å². The number of aryl methyl sites for hydroxylation is 1. The van der Waals surface area contributed by atoms with Crippen molar-refractivity contribution in [2.24, 2.45) is 0 Å². The van der Waals surface area contributed by atoms with Gasteiger partial charge in [0.15, 0.2) is 0 Å². The van der Waals surface area contributed by atoms with Gasteiger partial charge in [0.05, 0.1) is 5.56 Å². The molecule has 0 radical (unpaired) electrons. The fraction of sp³-hybridized carbons (Fsp3) is 0.217. The molecule has 1 unspecified atom stereocenters. The van der Waals surface area contributed by atoms with Gasteiger partial charge in [0.2, 0.25) is 0 Å². The van der Waals surface area contributed by atoms with E-state index in [-0.39, 0.29) is 11.5 Å². The molecule has 1 atom stereocenters. The van der Waals surface area contributed by atoms with E-state index in [0.717, 1.165) is 12.0 Å². The van der Waals surface area contributed by atoms with E-state index in [1.165, 1.54) is 33.9 Å². The molecule has 0 saturated heterocycles. The van der Waals surface area contributed by atoms with Crippen molar-refractivity contribution in [1.82, 2.24) is 0 Å². The Bertz CT molecular complexity index is 1000. The van der Waals surface area contributed by atoms with Gasteiger partial charge in [-0.15, -0.1) is 0 Å². The molecule has 1 aliphatic rings. The summed E-state index contributed by atoms with van der Waals surface area (Å²) in [5, 5.41) is 0. The van der Waals surface area contributed by atoms with Crippen LogP contribution in [0.25, 0.3) is 0 Å². The number of alkyl halides is 3. The minimum absolute atomic E-state index is 0.0980. The number of halogens is 3. The molecule has 1 aliphatic heterocycles. The summed E-state index contributed by atoms with van der Waals surface area (Å²) in [7, 11) is 0. The average Bonchev–Trinajstić information content (AvgIpc) is 2.64. The Labute approximate surface area is 161 Å². The third-order valence-corrected chi connectivity index (χ3v) is 6.46. The van der Waals surface area contributed by atoms with Gasteiger partial charge < -0.3 is 0 Å². The molecule has 3 aromatic carbocycles. The first kappa shape index (κ1) is 18.2. The number of fused-ring (bicyclic) bond motifs is 2. The summed E-state index contributed by atoms with van der Waals surface area (Å²) in [4.78, 5) is 2.50. The first-order valence-corrected chi connectivity index (χ1v) is 9.71. The Morgan fingerprint density at radius 1 is 0.852 bits per heavy atom. The molecule has 3 aromatic rings. The number of hydrogen-bond acceptors (Lipinski definition) is 1. The molecule has 0 spiro atoms. The zero-order chi connectivity index (χ0) is 19.2. The molecule has 27 heavy (non-hydrogen) atoms. The molecular weight excluding hydrogens is 365 g/mol. The Morgan fingerprint density at radius 2 is 1.52 bits per heavy atom. The van der Waals surface area contributed by atoms with Crippen molar-refractivity contribution in [1.29, 1.82) is 0 Å². The minimum atomic E-state index is -4.32. The quantitative estimate of drug-likeness (QED) is 0.351. The van der Waals surface area contributed by atoms with Crippen molar-refractivity contribution in [3.05, 3.63) is 94.0 Å². The second kappa shape index (κ2) is 6.75. The first-order chi connectivity index (χ1) is 12.8. The standard InChI is InChI=1S/C23H19F3S/c1-14-7-8-17(13-20(14)23(24,25)26)15(2)16-9-10-22-19(11-16)12-18-5-3-4-6-21(18)27-22/h3-11,13,15H,12H2,1-2H3. The van der Waals surface area contributed by atoms with E-state index in [1.54, 1.807) is 23.9 Å². The van der Waals surface area contributed by atoms with Gasteiger partial charge in [-0.25, -0.2) is 0 Å². The van der Waals surface area contributed by atoms with Gasteiger partial charge in [-0.1, -0.05) is 61.2 Å². The topological polar surface area (TPSA) is 0 Å². The minimum Gasteiger partial charge on any atom is -0.166 e. The molecule has 0 aromatic heterocycles. The lowest BCUT2D eigenvalue weighted by Crippen LogP contribution is -2.09. The second-order valence-corrected chi connectivity index (χ2v) is 8.13. The van der Waals surface area contributed by atoms with Crippen LogP contribution in [-0.2, 0) is 12.6 Å². The largest absolute Gasteiger partial charge is 0.416 e. The lowest BCUT2D eigenvalue weighted by Gasteiger charge is -2.22. The van der Waals surface area contributed by atoms with E-state index in [0.29, 0.717) is 5.56 Å². The smallest absolute Gasteiger partial charge is 0.166 e. The van der Waals surface area contributed by atoms with Gasteiger partial charge in [0, 0.05) is 15.7 Å². The SMILES string of the molecule is Cc1ccc(C(C)c2ccc3c(c2)Cc2ccccc2S3)cc1C(F)(F)F. The van der Waals surface area contributed by atoms with Crippen LogP contribution in [0.15, 0.2) is 70.5 Å². The summed E-state index contributed by atoms with van der Waals surface area (Å²) in [6, 6.07) is 19.3. The van der Waals surface area contributed by atoms with Crippen LogP contribution in [0.3, 0.4) is 0 Å². The van der Waals surface area contributed by atoms with Crippen LogP contribution in [0.4, 0.5) is 13.2 Å². The number of benzene rings is 3. The molecule has 0 amide bonds. The van der Waals surface area contributed by atoms with E-state index in [4.69, 9.17) is 0 Å². The lowest BCUT2D eigenvalue weighted by atomic mass is 9.89. The maximum absolute atomic E-state index is 13.3. The van der Waals surface area contributed by atoms with Crippen LogP contribution in [0.1, 0.15) is 46.2 Å². The van der Waals surface area contributed by atoms with Crippen molar-refractivity contribution in [3.63, 3.8) is 0 Å². The zero-order valence-corrected chi connectivity index (χ0v) is 15.9. The molecule has 4 heteroatoms. The Balaban J connectivity index is 1.67. The predicted octanol–water partition coefficient (Wildman–Crippen LogP) is 7.22. The van der Waals surface area contributed by atoms with Crippen LogP contribution in [0.2, 0.25) is 0 Å². The van der Waals surface area contributed by atoms with Crippen LogP contribution < -0.4 is 0 Å². The highest BCUT2D eigenvalue weighted by Gasteiger charge is 2.33. The van der Waals surface area contributed by atoms with E-state index >= 15 is 0 Å². The molecule has 138 valence electrons. The molecule has 0 aliphatic carbocycles. The van der Waals surface area contributed by atoms with Gasteiger partial charge in [-0.3, -0.25) is 0 Å². The highest BCUT2D eigenvalue weighted by atomic mass is 32.2. The fourth-order valence-corrected chi connectivity index (χ4v) is 4.64. The molecule has 0 nitrogen and oxygen atoms in total. The highest BCUT2D eigenvalue weighted by Crippen LogP contribution is 2.41. The van der Waals surface area contributed by atoms with E-state index in [2.05, 4.69) is 24.3 Å². The van der Waals surface area contributed by atoms with Gasteiger partial charge >= 0.3 is 6.18 Å². The van der Waals surface area contributed by atoms with Gasteiger partial charge in [0.25, 0.3) is 0 Å². The summed E-state index contributed by atoms with van der Waals surface area (Å²) in [6.07, 6.45) is -3.46. The summed E-state index contributed by atoms with van der Waals surface area (Å²) in [6.45, 7) is 3.47. The van der Waals surface area contributed by atoms with Gasteiger partial charge in [0.1, 0.15) is 0 Å². The Morgan fingerprint density at radius 3 is 2.30 bits per heavy atom. The lowest BCUT2D eigenvalue weighted by molar-refractivity contribution is -0.138. The van der Waals surface area contributed by atoms with Crippen LogP contribution >= 0.6 is 11.8 Å². The predicted molar refractivity (Wildman–Crippen MR) is 104 cm³/mol. The highest BCUT2D eigenvalue weighted by molar-refractivity contribution is 7.99. The summed E-state index contributed by atoms with van der Waals surface area (Å²) in [5.41, 5.74) is 3.99. The Hall–Kier alpha value is -2.20. The third kappa shape index (κ3) is 3.51. The molecule has 1 heterocycles. The van der Waals surface area contributed by atoms with Crippen molar-refractivity contribution in [2.75, 3.05) is 0 Å². The van der Waals surface area contributed by atoms with E-state index in [9.17, 15) is 13.2 Å². The monoisotopic (exact) mass is 384 g/mol. The van der Waals surface area contributed by atoms with Crippen molar-refractivity contribution in [2.45, 2.75) is 42.2 Å². The van der Waals surface area contributed by atoms with E-state index < -0.39 is 11.7 Å². The maximum Gasteiger partial charge on any atom is 0.416 e. The van der Waals surface area contributed by atoms with Crippen molar-refractivity contribution in [3.8, 4) is 0 Å². The molecule has 0 N–H and O–H groups in total. The fourth-order valence-electron chi connectivity index (χ4n) is 3.59. The maximum atomic E-state index is 13.3.